The van der Waals surface area contributed by atoms with Crippen LogP contribution in [-0.2, 0) is 10.2 Å². The molecular formula is C11H9Cl2NO. The molecule has 0 atom stereocenters. The summed E-state index contributed by atoms with van der Waals surface area (Å²) < 4.78 is 5.19. The Bertz CT molecular complexity index is 421. The van der Waals surface area contributed by atoms with Crippen LogP contribution in [0, 0.1) is 11.3 Å². The summed E-state index contributed by atoms with van der Waals surface area (Å²) in [4.78, 5) is 0. The van der Waals surface area contributed by atoms with Crippen LogP contribution in [-0.4, -0.2) is 13.2 Å². The van der Waals surface area contributed by atoms with Gasteiger partial charge in [-0.05, 0) is 17.7 Å². The summed E-state index contributed by atoms with van der Waals surface area (Å²) in [7, 11) is 0. The fourth-order valence-electron chi connectivity index (χ4n) is 1.77. The van der Waals surface area contributed by atoms with Crippen molar-refractivity contribution in [3.8, 4) is 6.07 Å². The van der Waals surface area contributed by atoms with Crippen LogP contribution in [0.25, 0.3) is 0 Å². The molecule has 2 rings (SSSR count). The van der Waals surface area contributed by atoms with E-state index in [0.29, 0.717) is 29.7 Å². The molecule has 0 bridgehead atoms. The van der Waals surface area contributed by atoms with Crippen molar-refractivity contribution in [1.82, 2.24) is 0 Å². The Balaban J connectivity index is 2.39. The third kappa shape index (κ3) is 1.83. The lowest BCUT2D eigenvalue weighted by Gasteiger charge is -2.40. The SMILES string of the molecule is N#CCC1(c2ccc(Cl)cc2Cl)COC1. The minimum Gasteiger partial charge on any atom is -0.379 e. The summed E-state index contributed by atoms with van der Waals surface area (Å²) in [6.07, 6.45) is 0.425. The second-order valence-corrected chi connectivity index (χ2v) is 4.58. The Morgan fingerprint density at radius 3 is 2.60 bits per heavy atom. The van der Waals surface area contributed by atoms with Crippen molar-refractivity contribution < 1.29 is 4.74 Å². The number of nitriles is 1. The summed E-state index contributed by atoms with van der Waals surface area (Å²) >= 11 is 11.9. The summed E-state index contributed by atoms with van der Waals surface area (Å²) in [6.45, 7) is 1.11. The molecule has 0 radical (unpaired) electrons. The number of ether oxygens (including phenoxy) is 1. The number of hydrogen-bond donors (Lipinski definition) is 0. The van der Waals surface area contributed by atoms with Gasteiger partial charge in [-0.15, -0.1) is 0 Å². The predicted octanol–water partition coefficient (Wildman–Crippen LogP) is 3.18. The van der Waals surface area contributed by atoms with Gasteiger partial charge in [-0.25, -0.2) is 0 Å². The summed E-state index contributed by atoms with van der Waals surface area (Å²) in [5.74, 6) is 0. The molecule has 4 heteroatoms. The van der Waals surface area contributed by atoms with Crippen LogP contribution in [0.1, 0.15) is 12.0 Å². The van der Waals surface area contributed by atoms with E-state index in [4.69, 9.17) is 33.2 Å². The molecule has 2 nitrogen and oxygen atoms in total. The predicted molar refractivity (Wildman–Crippen MR) is 59.2 cm³/mol. The molecule has 1 fully saturated rings. The zero-order chi connectivity index (χ0) is 10.9. The lowest BCUT2D eigenvalue weighted by molar-refractivity contribution is -0.0576. The number of nitrogens with zero attached hydrogens (tertiary/aromatic N) is 1. The highest BCUT2D eigenvalue weighted by Gasteiger charge is 2.41. The fraction of sp³-hybridized carbons (Fsp3) is 0.364. The van der Waals surface area contributed by atoms with Crippen LogP contribution in [0.15, 0.2) is 18.2 Å². The normalized spacial score (nSPS) is 17.9. The van der Waals surface area contributed by atoms with E-state index in [0.717, 1.165) is 5.56 Å². The van der Waals surface area contributed by atoms with Crippen molar-refractivity contribution in [3.63, 3.8) is 0 Å². The zero-order valence-electron chi connectivity index (χ0n) is 7.96. The third-order valence-corrected chi connectivity index (χ3v) is 3.22. The zero-order valence-corrected chi connectivity index (χ0v) is 9.48. The first kappa shape index (κ1) is 10.8. The maximum atomic E-state index is 8.80. The van der Waals surface area contributed by atoms with Crippen molar-refractivity contribution in [2.45, 2.75) is 11.8 Å². The molecule has 15 heavy (non-hydrogen) atoms. The van der Waals surface area contributed by atoms with Gasteiger partial charge in [0.05, 0.1) is 24.7 Å². The molecule has 0 spiro atoms. The van der Waals surface area contributed by atoms with Crippen molar-refractivity contribution in [2.24, 2.45) is 0 Å². The lowest BCUT2D eigenvalue weighted by atomic mass is 9.76. The van der Waals surface area contributed by atoms with Gasteiger partial charge in [0.25, 0.3) is 0 Å². The molecule has 1 saturated heterocycles. The Morgan fingerprint density at radius 1 is 1.40 bits per heavy atom. The monoisotopic (exact) mass is 241 g/mol. The Morgan fingerprint density at radius 2 is 2.13 bits per heavy atom. The van der Waals surface area contributed by atoms with Crippen LogP contribution >= 0.6 is 23.2 Å². The quantitative estimate of drug-likeness (QED) is 0.797. The molecule has 1 aromatic rings. The summed E-state index contributed by atoms with van der Waals surface area (Å²) in [5, 5.41) is 10.0. The van der Waals surface area contributed by atoms with E-state index in [2.05, 4.69) is 6.07 Å². The van der Waals surface area contributed by atoms with E-state index < -0.39 is 0 Å². The van der Waals surface area contributed by atoms with Crippen LogP contribution in [0.3, 0.4) is 0 Å². The maximum absolute atomic E-state index is 8.80. The number of hydrogen-bond acceptors (Lipinski definition) is 2. The van der Waals surface area contributed by atoms with Gasteiger partial charge in [-0.3, -0.25) is 0 Å². The summed E-state index contributed by atoms with van der Waals surface area (Å²) in [6, 6.07) is 7.55. The van der Waals surface area contributed by atoms with Crippen LogP contribution in [0.4, 0.5) is 0 Å². The molecule has 1 aliphatic heterocycles. The topological polar surface area (TPSA) is 33.0 Å². The van der Waals surface area contributed by atoms with Gasteiger partial charge in [-0.1, -0.05) is 29.3 Å². The molecule has 1 aliphatic rings. The van der Waals surface area contributed by atoms with E-state index in [1.54, 1.807) is 12.1 Å². The second kappa shape index (κ2) is 4.02. The molecule has 0 N–H and O–H groups in total. The standard InChI is InChI=1S/C11H9Cl2NO/c12-8-1-2-9(10(13)5-8)11(3-4-14)6-15-7-11/h1-2,5H,3,6-7H2. The molecule has 0 aliphatic carbocycles. The highest BCUT2D eigenvalue weighted by atomic mass is 35.5. The fourth-order valence-corrected chi connectivity index (χ4v) is 2.38. The Kier molecular flexibility index (Phi) is 2.88. The van der Waals surface area contributed by atoms with Crippen molar-refractivity contribution in [1.29, 1.82) is 5.26 Å². The Hall–Kier alpha value is -0.750. The van der Waals surface area contributed by atoms with E-state index >= 15 is 0 Å². The number of benzene rings is 1. The molecule has 1 heterocycles. The first-order valence-corrected chi connectivity index (χ1v) is 5.34. The Labute approximate surface area is 98.4 Å². The van der Waals surface area contributed by atoms with E-state index in [9.17, 15) is 0 Å². The maximum Gasteiger partial charge on any atom is 0.0632 e. The largest absolute Gasteiger partial charge is 0.379 e. The third-order valence-electron chi connectivity index (χ3n) is 2.68. The second-order valence-electron chi connectivity index (χ2n) is 3.73. The van der Waals surface area contributed by atoms with Gasteiger partial charge in [0.2, 0.25) is 0 Å². The lowest BCUT2D eigenvalue weighted by Crippen LogP contribution is -2.46. The van der Waals surface area contributed by atoms with Crippen molar-refractivity contribution >= 4 is 23.2 Å². The minimum absolute atomic E-state index is 0.226. The van der Waals surface area contributed by atoms with Crippen LogP contribution in [0.2, 0.25) is 10.0 Å². The highest BCUT2D eigenvalue weighted by molar-refractivity contribution is 6.35. The highest BCUT2D eigenvalue weighted by Crippen LogP contribution is 2.39. The van der Waals surface area contributed by atoms with Crippen LogP contribution in [0.5, 0.6) is 0 Å². The van der Waals surface area contributed by atoms with Crippen molar-refractivity contribution in [3.05, 3.63) is 33.8 Å². The van der Waals surface area contributed by atoms with Gasteiger partial charge in [0, 0.05) is 16.5 Å². The van der Waals surface area contributed by atoms with E-state index in [1.807, 2.05) is 6.07 Å². The number of rotatable bonds is 2. The molecule has 78 valence electrons. The first-order valence-electron chi connectivity index (χ1n) is 4.58. The molecule has 0 unspecified atom stereocenters. The molecule has 0 amide bonds. The molecule has 0 aromatic heterocycles. The van der Waals surface area contributed by atoms with Crippen molar-refractivity contribution in [2.75, 3.05) is 13.2 Å². The average Bonchev–Trinajstić information content (AvgIpc) is 2.12. The van der Waals surface area contributed by atoms with Gasteiger partial charge in [0.15, 0.2) is 0 Å². The first-order chi connectivity index (χ1) is 7.18. The van der Waals surface area contributed by atoms with Gasteiger partial charge in [0.1, 0.15) is 0 Å². The molecular weight excluding hydrogens is 233 g/mol. The average molecular weight is 242 g/mol. The summed E-state index contributed by atoms with van der Waals surface area (Å²) in [5.41, 5.74) is 0.734. The van der Waals surface area contributed by atoms with Gasteiger partial charge in [-0.2, -0.15) is 5.26 Å². The van der Waals surface area contributed by atoms with Crippen LogP contribution < -0.4 is 0 Å². The minimum atomic E-state index is -0.226. The smallest absolute Gasteiger partial charge is 0.0632 e. The van der Waals surface area contributed by atoms with Gasteiger partial charge >= 0.3 is 0 Å². The molecule has 0 saturated carbocycles. The van der Waals surface area contributed by atoms with E-state index in [-0.39, 0.29) is 5.41 Å². The number of halogens is 2. The van der Waals surface area contributed by atoms with E-state index in [1.165, 1.54) is 0 Å². The molecule has 1 aromatic carbocycles. The van der Waals surface area contributed by atoms with Gasteiger partial charge < -0.3 is 4.74 Å².